The highest BCUT2D eigenvalue weighted by Crippen LogP contribution is 2.16. The number of amides is 1. The van der Waals surface area contributed by atoms with Gasteiger partial charge in [0.1, 0.15) is 10.9 Å². The molecule has 2 aromatic heterocycles. The van der Waals surface area contributed by atoms with Crippen molar-refractivity contribution in [3.05, 3.63) is 45.7 Å². The molecular formula is C16H17N5OS. The third-order valence-corrected chi connectivity index (χ3v) is 4.72. The van der Waals surface area contributed by atoms with Gasteiger partial charge in [-0.1, -0.05) is 0 Å². The predicted octanol–water partition coefficient (Wildman–Crippen LogP) is 1.27. The average molecular weight is 327 g/mol. The van der Waals surface area contributed by atoms with Crippen LogP contribution < -0.4 is 0 Å². The Morgan fingerprint density at radius 1 is 1.39 bits per heavy atom. The van der Waals surface area contributed by atoms with E-state index in [1.165, 1.54) is 11.3 Å². The second-order valence-electron chi connectivity index (χ2n) is 5.59. The molecule has 1 amide bonds. The minimum atomic E-state index is 0.164. The first-order chi connectivity index (χ1) is 11.1. The van der Waals surface area contributed by atoms with Gasteiger partial charge in [0, 0.05) is 45.0 Å². The van der Waals surface area contributed by atoms with Gasteiger partial charge >= 0.3 is 0 Å². The highest BCUT2D eigenvalue weighted by atomic mass is 32.1. The Morgan fingerprint density at radius 2 is 2.26 bits per heavy atom. The van der Waals surface area contributed by atoms with Crippen molar-refractivity contribution < 1.29 is 4.79 Å². The Balaban J connectivity index is 1.65. The lowest BCUT2D eigenvalue weighted by Crippen LogP contribution is -2.47. The van der Waals surface area contributed by atoms with Crippen LogP contribution in [0.4, 0.5) is 0 Å². The Kier molecular flexibility index (Phi) is 4.65. The predicted molar refractivity (Wildman–Crippen MR) is 86.8 cm³/mol. The Hall–Kier alpha value is -2.30. The first-order valence-corrected chi connectivity index (χ1v) is 8.20. The number of rotatable bonds is 4. The van der Waals surface area contributed by atoms with Gasteiger partial charge in [-0.25, -0.2) is 4.98 Å². The van der Waals surface area contributed by atoms with Crippen molar-refractivity contribution in [2.75, 3.05) is 26.7 Å². The summed E-state index contributed by atoms with van der Waals surface area (Å²) in [5, 5.41) is 9.74. The molecule has 0 atom stereocenters. The number of nitrogens with zero attached hydrogens (tertiary/aromatic N) is 5. The Labute approximate surface area is 139 Å². The highest BCUT2D eigenvalue weighted by molar-refractivity contribution is 7.12. The normalized spacial score (nSPS) is 15.7. The van der Waals surface area contributed by atoms with Gasteiger partial charge in [-0.3, -0.25) is 14.7 Å². The zero-order chi connectivity index (χ0) is 16.2. The van der Waals surface area contributed by atoms with Crippen molar-refractivity contribution in [3.8, 4) is 6.07 Å². The molecule has 0 bridgehead atoms. The van der Waals surface area contributed by atoms with Gasteiger partial charge in [-0.15, -0.1) is 11.3 Å². The van der Waals surface area contributed by atoms with E-state index in [-0.39, 0.29) is 5.91 Å². The van der Waals surface area contributed by atoms with Crippen molar-refractivity contribution in [2.45, 2.75) is 13.0 Å². The van der Waals surface area contributed by atoms with Crippen LogP contribution in [0.15, 0.2) is 24.5 Å². The van der Waals surface area contributed by atoms with Gasteiger partial charge in [0.05, 0.1) is 17.7 Å². The summed E-state index contributed by atoms with van der Waals surface area (Å²) in [5.74, 6) is 0.164. The van der Waals surface area contributed by atoms with Gasteiger partial charge in [-0.2, -0.15) is 5.26 Å². The first-order valence-electron chi connectivity index (χ1n) is 7.39. The van der Waals surface area contributed by atoms with Crippen LogP contribution in [0, 0.1) is 11.3 Å². The van der Waals surface area contributed by atoms with E-state index in [1.54, 1.807) is 17.3 Å². The standard InChI is InChI=1S/C16H17N5OS/c1-20-4-5-21(11-16(20)22)10-12-2-3-18-13(6-12)7-15-19-9-14(8-17)23-15/h2-3,6,9H,4-5,7,10-11H2,1H3. The summed E-state index contributed by atoms with van der Waals surface area (Å²) >= 11 is 1.40. The summed E-state index contributed by atoms with van der Waals surface area (Å²) in [7, 11) is 1.84. The maximum Gasteiger partial charge on any atom is 0.236 e. The van der Waals surface area contributed by atoms with Crippen LogP contribution in [-0.4, -0.2) is 52.4 Å². The van der Waals surface area contributed by atoms with Gasteiger partial charge in [0.15, 0.2) is 0 Å². The number of hydrogen-bond acceptors (Lipinski definition) is 6. The second-order valence-corrected chi connectivity index (χ2v) is 6.70. The lowest BCUT2D eigenvalue weighted by atomic mass is 10.1. The minimum Gasteiger partial charge on any atom is -0.343 e. The maximum absolute atomic E-state index is 11.8. The number of thiazole rings is 1. The Morgan fingerprint density at radius 3 is 3.00 bits per heavy atom. The first kappa shape index (κ1) is 15.6. The number of likely N-dealkylation sites (N-methyl/N-ethyl adjacent to an activating group) is 1. The molecule has 6 nitrogen and oxygen atoms in total. The molecule has 2 aromatic rings. The summed E-state index contributed by atoms with van der Waals surface area (Å²) < 4.78 is 0. The van der Waals surface area contributed by atoms with E-state index in [1.807, 2.05) is 13.1 Å². The van der Waals surface area contributed by atoms with E-state index in [0.717, 1.165) is 35.9 Å². The van der Waals surface area contributed by atoms with E-state index in [4.69, 9.17) is 5.26 Å². The van der Waals surface area contributed by atoms with Crippen LogP contribution in [-0.2, 0) is 17.8 Å². The fraction of sp³-hybridized carbons (Fsp3) is 0.375. The summed E-state index contributed by atoms with van der Waals surface area (Å²) in [6.07, 6.45) is 4.02. The van der Waals surface area contributed by atoms with Crippen LogP contribution in [0.5, 0.6) is 0 Å². The molecule has 0 N–H and O–H groups in total. The van der Waals surface area contributed by atoms with Crippen LogP contribution in [0.1, 0.15) is 21.1 Å². The third kappa shape index (κ3) is 3.92. The Bertz CT molecular complexity index is 751. The van der Waals surface area contributed by atoms with Crippen molar-refractivity contribution in [1.82, 2.24) is 19.8 Å². The number of piperazine rings is 1. The molecule has 0 saturated carbocycles. The lowest BCUT2D eigenvalue weighted by molar-refractivity contribution is -0.134. The molecule has 3 heterocycles. The van der Waals surface area contributed by atoms with E-state index < -0.39 is 0 Å². The van der Waals surface area contributed by atoms with Crippen LogP contribution in [0.2, 0.25) is 0 Å². The number of aromatic nitrogens is 2. The van der Waals surface area contributed by atoms with E-state index in [0.29, 0.717) is 17.8 Å². The third-order valence-electron chi connectivity index (χ3n) is 3.82. The zero-order valence-corrected chi connectivity index (χ0v) is 13.7. The number of pyridine rings is 1. The van der Waals surface area contributed by atoms with Gasteiger partial charge in [0.2, 0.25) is 5.91 Å². The highest BCUT2D eigenvalue weighted by Gasteiger charge is 2.20. The van der Waals surface area contributed by atoms with Crippen molar-refractivity contribution in [3.63, 3.8) is 0 Å². The van der Waals surface area contributed by atoms with Gasteiger partial charge < -0.3 is 4.90 Å². The number of carbonyl (C=O) groups excluding carboxylic acids is 1. The number of hydrogen-bond donors (Lipinski definition) is 0. The SMILES string of the molecule is CN1CCN(Cc2ccnc(Cc3ncc(C#N)s3)c2)CC1=O. The molecule has 0 unspecified atom stereocenters. The largest absolute Gasteiger partial charge is 0.343 e. The fourth-order valence-corrected chi connectivity index (χ4v) is 3.25. The molecule has 0 aromatic carbocycles. The second kappa shape index (κ2) is 6.86. The molecule has 0 aliphatic carbocycles. The van der Waals surface area contributed by atoms with Crippen LogP contribution >= 0.6 is 11.3 Å². The molecule has 1 aliphatic rings. The topological polar surface area (TPSA) is 73.1 Å². The van der Waals surface area contributed by atoms with Crippen molar-refractivity contribution >= 4 is 17.2 Å². The molecule has 1 aliphatic heterocycles. The smallest absolute Gasteiger partial charge is 0.236 e. The molecule has 1 saturated heterocycles. The van der Waals surface area contributed by atoms with Gasteiger partial charge in [0.25, 0.3) is 0 Å². The van der Waals surface area contributed by atoms with E-state index in [2.05, 4.69) is 27.0 Å². The molecular weight excluding hydrogens is 310 g/mol. The molecule has 3 rings (SSSR count). The summed E-state index contributed by atoms with van der Waals surface area (Å²) in [5.41, 5.74) is 2.08. The number of carbonyl (C=O) groups is 1. The lowest BCUT2D eigenvalue weighted by Gasteiger charge is -2.31. The van der Waals surface area contributed by atoms with E-state index >= 15 is 0 Å². The molecule has 1 fully saturated rings. The van der Waals surface area contributed by atoms with Crippen molar-refractivity contribution in [2.24, 2.45) is 0 Å². The number of nitriles is 1. The van der Waals surface area contributed by atoms with Crippen molar-refractivity contribution in [1.29, 1.82) is 5.26 Å². The molecule has 23 heavy (non-hydrogen) atoms. The van der Waals surface area contributed by atoms with Crippen LogP contribution in [0.25, 0.3) is 0 Å². The summed E-state index contributed by atoms with van der Waals surface area (Å²) in [6.45, 7) is 2.87. The van der Waals surface area contributed by atoms with Crippen LogP contribution in [0.3, 0.4) is 0 Å². The minimum absolute atomic E-state index is 0.164. The quantitative estimate of drug-likeness (QED) is 0.846. The maximum atomic E-state index is 11.8. The molecule has 0 spiro atoms. The molecule has 118 valence electrons. The fourth-order valence-electron chi connectivity index (χ4n) is 2.52. The monoisotopic (exact) mass is 327 g/mol. The molecule has 7 heteroatoms. The average Bonchev–Trinajstić information content (AvgIpc) is 2.99. The summed E-state index contributed by atoms with van der Waals surface area (Å²) in [6, 6.07) is 6.13. The van der Waals surface area contributed by atoms with E-state index in [9.17, 15) is 4.79 Å². The van der Waals surface area contributed by atoms with Gasteiger partial charge in [-0.05, 0) is 17.7 Å². The zero-order valence-electron chi connectivity index (χ0n) is 12.9. The summed E-state index contributed by atoms with van der Waals surface area (Å²) in [4.78, 5) is 24.9. The molecule has 0 radical (unpaired) electrons.